The topological polar surface area (TPSA) is 116 Å². The van der Waals surface area contributed by atoms with Crippen LogP contribution < -0.4 is 0 Å². The molecule has 0 aliphatic rings. The summed E-state index contributed by atoms with van der Waals surface area (Å²) in [5.41, 5.74) is 4.89. The fourth-order valence-corrected chi connectivity index (χ4v) is 6.07. The van der Waals surface area contributed by atoms with Gasteiger partial charge in [0, 0.05) is 49.8 Å². The van der Waals surface area contributed by atoms with Gasteiger partial charge >= 0.3 is 0 Å². The summed E-state index contributed by atoms with van der Waals surface area (Å²) in [7, 11) is 0. The molecule has 0 atom stereocenters. The van der Waals surface area contributed by atoms with Crippen molar-refractivity contribution < 1.29 is 4.39 Å². The molecule has 9 nitrogen and oxygen atoms in total. The maximum Gasteiger partial charge on any atom is 0.164 e. The minimum Gasteiger partial charge on any atom is -0.212 e. The Bertz CT molecular complexity index is 2710. The van der Waals surface area contributed by atoms with Crippen molar-refractivity contribution in [3.8, 4) is 79.7 Å². The third kappa shape index (κ3) is 8.21. The lowest BCUT2D eigenvalue weighted by Crippen LogP contribution is -2.18. The van der Waals surface area contributed by atoms with Crippen LogP contribution in [0.15, 0.2) is 133 Å². The van der Waals surface area contributed by atoms with E-state index < -0.39 is 0 Å². The van der Waals surface area contributed by atoms with E-state index in [0.29, 0.717) is 58.0 Å². The van der Waals surface area contributed by atoms with Crippen molar-refractivity contribution >= 4 is 0 Å². The molecule has 0 saturated carbocycles. The molecule has 0 aliphatic heterocycles. The third-order valence-electron chi connectivity index (χ3n) is 9.17. The molecule has 57 heavy (non-hydrogen) atoms. The lowest BCUT2D eigenvalue weighted by atomic mass is 9.95. The summed E-state index contributed by atoms with van der Waals surface area (Å²) in [5.74, 6) is 4.63. The minimum absolute atomic E-state index is 0.306. The third-order valence-corrected chi connectivity index (χ3v) is 9.17. The molecule has 0 aliphatic carbocycles. The molecule has 0 saturated heterocycles. The zero-order valence-electron chi connectivity index (χ0n) is 32.6. The molecule has 0 amide bonds. The number of hydrogen-bond donors (Lipinski definition) is 0. The summed E-state index contributed by atoms with van der Waals surface area (Å²) in [5, 5.41) is 0. The van der Waals surface area contributed by atoms with Gasteiger partial charge < -0.3 is 0 Å². The molecule has 5 aromatic carbocycles. The summed E-state index contributed by atoms with van der Waals surface area (Å²) >= 11 is 0. The van der Waals surface area contributed by atoms with Crippen LogP contribution in [0.3, 0.4) is 0 Å². The highest BCUT2D eigenvalue weighted by atomic mass is 19.1. The second-order valence-electron chi connectivity index (χ2n) is 15.8. The molecular weight excluding hydrogens is 710 g/mol. The molecule has 0 radical (unpaired) electrons. The van der Waals surface area contributed by atoms with Crippen LogP contribution in [-0.4, -0.2) is 44.9 Å². The summed E-state index contributed by atoms with van der Waals surface area (Å²) in [6, 6.07) is 41.7. The average molecular weight is 750 g/mol. The summed E-state index contributed by atoms with van der Waals surface area (Å²) in [4.78, 5) is 44.3. The van der Waals surface area contributed by atoms with Gasteiger partial charge in [-0.3, -0.25) is 0 Å². The number of hydrogen-bond acceptors (Lipinski definition) is 9. The highest BCUT2D eigenvalue weighted by molar-refractivity contribution is 5.73. The highest BCUT2D eigenvalue weighted by Gasteiger charge is 2.23. The van der Waals surface area contributed by atoms with Crippen molar-refractivity contribution in [2.24, 2.45) is 0 Å². The lowest BCUT2D eigenvalue weighted by molar-refractivity contribution is 0.543. The quantitative estimate of drug-likeness (QED) is 0.157. The van der Waals surface area contributed by atoms with E-state index in [1.165, 1.54) is 12.1 Å². The molecule has 0 N–H and O–H groups in total. The Labute approximate surface area is 331 Å². The van der Waals surface area contributed by atoms with Crippen molar-refractivity contribution in [2.45, 2.75) is 52.4 Å². The van der Waals surface area contributed by atoms with Gasteiger partial charge in [-0.1, -0.05) is 139 Å². The largest absolute Gasteiger partial charge is 0.212 e. The first-order chi connectivity index (χ1) is 27.4. The van der Waals surface area contributed by atoms with Gasteiger partial charge in [-0.15, -0.1) is 0 Å². The van der Waals surface area contributed by atoms with Crippen LogP contribution in [-0.2, 0) is 10.8 Å². The van der Waals surface area contributed by atoms with Crippen LogP contribution in [0, 0.1) is 5.82 Å². The Morgan fingerprint density at radius 2 is 0.561 bits per heavy atom. The Balaban J connectivity index is 1.24. The van der Waals surface area contributed by atoms with Gasteiger partial charge in [-0.25, -0.2) is 49.2 Å². The second-order valence-corrected chi connectivity index (χ2v) is 15.8. The zero-order valence-corrected chi connectivity index (χ0v) is 32.6. The smallest absolute Gasteiger partial charge is 0.164 e. The maximum absolute atomic E-state index is 13.8. The molecule has 0 spiro atoms. The first kappa shape index (κ1) is 37.0. The van der Waals surface area contributed by atoms with E-state index in [9.17, 15) is 4.39 Å². The molecule has 0 fully saturated rings. The van der Waals surface area contributed by atoms with Gasteiger partial charge in [-0.05, 0) is 36.4 Å². The van der Waals surface area contributed by atoms with Crippen molar-refractivity contribution in [3.05, 3.63) is 151 Å². The van der Waals surface area contributed by atoms with E-state index in [1.54, 1.807) is 12.1 Å². The average Bonchev–Trinajstić information content (AvgIpc) is 3.23. The first-order valence-electron chi connectivity index (χ1n) is 18.7. The first-order valence-corrected chi connectivity index (χ1v) is 18.7. The summed E-state index contributed by atoms with van der Waals surface area (Å²) in [6.07, 6.45) is 0. The second kappa shape index (κ2) is 15.0. The molecule has 280 valence electrons. The maximum atomic E-state index is 13.8. The number of halogens is 1. The van der Waals surface area contributed by atoms with E-state index in [-0.39, 0.29) is 16.6 Å². The van der Waals surface area contributed by atoms with Crippen molar-refractivity contribution in [3.63, 3.8) is 0 Å². The zero-order chi connectivity index (χ0) is 39.7. The molecule has 3 heterocycles. The monoisotopic (exact) mass is 749 g/mol. The number of benzene rings is 5. The Morgan fingerprint density at radius 1 is 0.298 bits per heavy atom. The van der Waals surface area contributed by atoms with E-state index in [2.05, 4.69) is 41.5 Å². The van der Waals surface area contributed by atoms with E-state index in [1.807, 2.05) is 109 Å². The van der Waals surface area contributed by atoms with Crippen molar-refractivity contribution in [1.29, 1.82) is 0 Å². The number of nitrogens with zero attached hydrogens (tertiary/aromatic N) is 9. The fourth-order valence-electron chi connectivity index (χ4n) is 6.07. The molecule has 10 heteroatoms. The lowest BCUT2D eigenvalue weighted by Gasteiger charge is -2.18. The van der Waals surface area contributed by atoms with E-state index >= 15 is 0 Å². The predicted molar refractivity (Wildman–Crippen MR) is 222 cm³/mol. The number of aromatic nitrogens is 9. The van der Waals surface area contributed by atoms with Gasteiger partial charge in [0.1, 0.15) is 17.5 Å². The van der Waals surface area contributed by atoms with Gasteiger partial charge in [0.05, 0.1) is 0 Å². The van der Waals surface area contributed by atoms with Crippen LogP contribution in [0.5, 0.6) is 0 Å². The van der Waals surface area contributed by atoms with Gasteiger partial charge in [0.2, 0.25) is 0 Å². The molecule has 0 unspecified atom stereocenters. The Kier molecular flexibility index (Phi) is 9.71. The molecule has 8 rings (SSSR count). The van der Waals surface area contributed by atoms with Crippen molar-refractivity contribution in [2.75, 3.05) is 0 Å². The molecule has 8 aromatic rings. The Morgan fingerprint density at radius 3 is 0.895 bits per heavy atom. The van der Waals surface area contributed by atoms with Gasteiger partial charge in [0.25, 0.3) is 0 Å². The minimum atomic E-state index is -0.370. The fraction of sp³-hybridized carbons (Fsp3) is 0.170. The van der Waals surface area contributed by atoms with Crippen LogP contribution in [0.1, 0.15) is 53.2 Å². The van der Waals surface area contributed by atoms with Crippen molar-refractivity contribution in [1.82, 2.24) is 44.9 Å². The van der Waals surface area contributed by atoms with Crippen LogP contribution in [0.4, 0.5) is 4.39 Å². The van der Waals surface area contributed by atoms with Crippen LogP contribution in [0.25, 0.3) is 79.7 Å². The Hall–Kier alpha value is -6.94. The van der Waals surface area contributed by atoms with E-state index in [0.717, 1.165) is 33.4 Å². The summed E-state index contributed by atoms with van der Waals surface area (Å²) < 4.78 is 13.8. The number of rotatable bonds is 7. The molecule has 3 aromatic heterocycles. The highest BCUT2D eigenvalue weighted by Crippen LogP contribution is 2.32. The van der Waals surface area contributed by atoms with Crippen LogP contribution >= 0.6 is 0 Å². The standard InChI is InChI=1S/C47H40FN9/c1-46(2,3)44-54-38(30-17-11-8-12-18-30)51-42(56-44)34-21-13-19-32(27-34)40-49-37(29-15-9-7-10-16-29)50-41(53-40)33-20-14-22-35(28-33)43-52-39(31-23-25-36(48)26-24-31)55-45(57-43)47(4,5)6/h7-28H,1-6H3. The predicted octanol–water partition coefficient (Wildman–Crippen LogP) is 10.6. The molecule has 0 bridgehead atoms. The van der Waals surface area contributed by atoms with Crippen LogP contribution in [0.2, 0.25) is 0 Å². The van der Waals surface area contributed by atoms with Gasteiger partial charge in [-0.2, -0.15) is 0 Å². The molecular formula is C47H40FN9. The normalized spacial score (nSPS) is 11.8. The van der Waals surface area contributed by atoms with Gasteiger partial charge in [0.15, 0.2) is 40.8 Å². The summed E-state index contributed by atoms with van der Waals surface area (Å²) in [6.45, 7) is 12.4. The SMILES string of the molecule is CC(C)(C)c1nc(-c2ccccc2)nc(-c2cccc(-c3nc(-c4ccccc4)nc(-c4cccc(-c5nc(-c6ccc(F)cc6)nc(C(C)(C)C)n5)c4)n3)c2)n1. The van der Waals surface area contributed by atoms with E-state index in [4.69, 9.17) is 44.9 Å².